The van der Waals surface area contributed by atoms with Gasteiger partial charge in [-0.25, -0.2) is 0 Å². The van der Waals surface area contributed by atoms with E-state index in [0.717, 1.165) is 0 Å². The minimum atomic E-state index is -1.62. The molecule has 0 rings (SSSR count). The van der Waals surface area contributed by atoms with Gasteiger partial charge in [-0.2, -0.15) is 0 Å². The van der Waals surface area contributed by atoms with E-state index in [0.29, 0.717) is 0 Å². The van der Waals surface area contributed by atoms with Gasteiger partial charge in [-0.05, 0) is 12.8 Å². The van der Waals surface area contributed by atoms with Crippen molar-refractivity contribution in [3.63, 3.8) is 0 Å². The monoisotopic (exact) mass is 190 g/mol. The summed E-state index contributed by atoms with van der Waals surface area (Å²) in [5.74, 6) is -1.83. The van der Waals surface area contributed by atoms with E-state index < -0.39 is 17.2 Å². The Morgan fingerprint density at radius 1 is 1.00 bits per heavy atom. The zero-order chi connectivity index (χ0) is 10.5. The van der Waals surface area contributed by atoms with Gasteiger partial charge < -0.3 is 21.7 Å². The molecule has 0 saturated carbocycles. The molecule has 6 nitrogen and oxygen atoms in total. The fraction of sp³-hybridized carbons (Fsp3) is 0.714. The highest BCUT2D eigenvalue weighted by atomic mass is 16.3. The van der Waals surface area contributed by atoms with Gasteiger partial charge in [0, 0.05) is 13.2 Å². The van der Waals surface area contributed by atoms with Gasteiger partial charge in [0.15, 0.2) is 0 Å². The zero-order valence-corrected chi connectivity index (χ0v) is 7.19. The summed E-state index contributed by atoms with van der Waals surface area (Å²) in [5, 5.41) is 17.3. The third-order valence-electron chi connectivity index (χ3n) is 2.02. The molecule has 0 aromatic rings. The Labute approximate surface area is 75.5 Å². The number of nitrogens with two attached hydrogens (primary N) is 2. The van der Waals surface area contributed by atoms with E-state index >= 15 is 0 Å². The molecule has 0 aromatic heterocycles. The number of hydrogen-bond donors (Lipinski definition) is 4. The molecule has 76 valence electrons. The Kier molecular flexibility index (Phi) is 4.36. The lowest BCUT2D eigenvalue weighted by Crippen LogP contribution is -2.48. The molecule has 0 aliphatic heterocycles. The van der Waals surface area contributed by atoms with E-state index in [-0.39, 0.29) is 26.1 Å². The minimum absolute atomic E-state index is 0.155. The summed E-state index contributed by atoms with van der Waals surface area (Å²) in [7, 11) is 0. The quantitative estimate of drug-likeness (QED) is 0.351. The van der Waals surface area contributed by atoms with E-state index in [1.807, 2.05) is 0 Å². The molecule has 0 radical (unpaired) electrons. The number of carbonyl (C=O) groups excluding carboxylic acids is 2. The Balaban J connectivity index is 4.80. The predicted octanol–water partition coefficient (Wildman–Crippen LogP) is -2.29. The van der Waals surface area contributed by atoms with Crippen molar-refractivity contribution in [2.75, 3.05) is 13.2 Å². The maximum atomic E-state index is 10.9. The largest absolute Gasteiger partial charge is 0.396 e. The Morgan fingerprint density at radius 2 is 1.31 bits per heavy atom. The first-order valence-electron chi connectivity index (χ1n) is 3.83. The van der Waals surface area contributed by atoms with Crippen LogP contribution in [0.1, 0.15) is 12.8 Å². The van der Waals surface area contributed by atoms with Gasteiger partial charge in [0.05, 0.1) is 0 Å². The smallest absolute Gasteiger partial charge is 0.233 e. The van der Waals surface area contributed by atoms with Crippen molar-refractivity contribution in [3.05, 3.63) is 0 Å². The van der Waals surface area contributed by atoms with Crippen molar-refractivity contribution in [2.45, 2.75) is 12.8 Å². The van der Waals surface area contributed by atoms with Crippen LogP contribution in [0.4, 0.5) is 0 Å². The lowest BCUT2D eigenvalue weighted by Gasteiger charge is -2.25. The molecule has 0 fully saturated rings. The average Bonchev–Trinajstić information content (AvgIpc) is 2.03. The number of amides is 2. The van der Waals surface area contributed by atoms with Crippen molar-refractivity contribution in [2.24, 2.45) is 16.9 Å². The second-order valence-electron chi connectivity index (χ2n) is 2.76. The average molecular weight is 190 g/mol. The Hall–Kier alpha value is -1.14. The first kappa shape index (κ1) is 11.9. The highest BCUT2D eigenvalue weighted by Gasteiger charge is 2.41. The third-order valence-corrected chi connectivity index (χ3v) is 2.02. The van der Waals surface area contributed by atoms with Gasteiger partial charge in [-0.3, -0.25) is 9.59 Å². The number of aliphatic hydroxyl groups excluding tert-OH is 2. The van der Waals surface area contributed by atoms with Crippen molar-refractivity contribution >= 4 is 11.8 Å². The molecule has 0 heterocycles. The molecule has 0 atom stereocenters. The van der Waals surface area contributed by atoms with Gasteiger partial charge in [0.1, 0.15) is 5.41 Å². The Morgan fingerprint density at radius 3 is 1.46 bits per heavy atom. The van der Waals surface area contributed by atoms with Gasteiger partial charge >= 0.3 is 0 Å². The van der Waals surface area contributed by atoms with E-state index in [1.165, 1.54) is 0 Å². The topological polar surface area (TPSA) is 127 Å². The fourth-order valence-corrected chi connectivity index (χ4v) is 1.12. The summed E-state index contributed by atoms with van der Waals surface area (Å²) in [4.78, 5) is 21.9. The number of primary amides is 2. The van der Waals surface area contributed by atoms with E-state index in [4.69, 9.17) is 21.7 Å². The first-order valence-corrected chi connectivity index (χ1v) is 3.83. The van der Waals surface area contributed by atoms with E-state index in [2.05, 4.69) is 0 Å². The third kappa shape index (κ3) is 2.40. The maximum Gasteiger partial charge on any atom is 0.233 e. The highest BCUT2D eigenvalue weighted by molar-refractivity contribution is 6.03. The summed E-state index contributed by atoms with van der Waals surface area (Å²) in [6, 6.07) is 0. The van der Waals surface area contributed by atoms with Gasteiger partial charge in [-0.15, -0.1) is 0 Å². The molecule has 0 spiro atoms. The molecule has 0 unspecified atom stereocenters. The van der Waals surface area contributed by atoms with Crippen LogP contribution in [-0.2, 0) is 9.59 Å². The van der Waals surface area contributed by atoms with Crippen LogP contribution in [0.3, 0.4) is 0 Å². The zero-order valence-electron chi connectivity index (χ0n) is 7.19. The molecular formula is C7H14N2O4. The molecule has 0 aliphatic carbocycles. The van der Waals surface area contributed by atoms with Crippen LogP contribution in [0.15, 0.2) is 0 Å². The van der Waals surface area contributed by atoms with Gasteiger partial charge in [-0.1, -0.05) is 0 Å². The fourth-order valence-electron chi connectivity index (χ4n) is 1.12. The number of aliphatic hydroxyl groups is 2. The molecule has 13 heavy (non-hydrogen) atoms. The molecule has 2 amide bonds. The highest BCUT2D eigenvalue weighted by Crippen LogP contribution is 2.25. The van der Waals surface area contributed by atoms with Crippen LogP contribution < -0.4 is 11.5 Å². The molecule has 0 aromatic carbocycles. The summed E-state index contributed by atoms with van der Waals surface area (Å²) in [6.45, 7) is -0.766. The van der Waals surface area contributed by atoms with Gasteiger partial charge in [0.25, 0.3) is 0 Å². The number of carbonyl (C=O) groups is 2. The molecule has 0 saturated heterocycles. The van der Waals surface area contributed by atoms with Crippen molar-refractivity contribution in [3.8, 4) is 0 Å². The van der Waals surface area contributed by atoms with Crippen LogP contribution in [0, 0.1) is 5.41 Å². The second-order valence-corrected chi connectivity index (χ2v) is 2.76. The lowest BCUT2D eigenvalue weighted by atomic mass is 9.80. The number of hydrogen-bond acceptors (Lipinski definition) is 4. The summed E-state index contributed by atoms with van der Waals surface area (Å²) >= 11 is 0. The van der Waals surface area contributed by atoms with Crippen molar-refractivity contribution in [1.82, 2.24) is 0 Å². The maximum absolute atomic E-state index is 10.9. The van der Waals surface area contributed by atoms with E-state index in [9.17, 15) is 9.59 Å². The summed E-state index contributed by atoms with van der Waals surface area (Å²) in [5.41, 5.74) is 8.34. The van der Waals surface area contributed by atoms with E-state index in [1.54, 1.807) is 0 Å². The van der Waals surface area contributed by atoms with Crippen molar-refractivity contribution in [1.29, 1.82) is 0 Å². The van der Waals surface area contributed by atoms with Crippen LogP contribution in [0.25, 0.3) is 0 Å². The van der Waals surface area contributed by atoms with Crippen molar-refractivity contribution < 1.29 is 19.8 Å². The molecule has 0 bridgehead atoms. The Bertz CT molecular complexity index is 183. The minimum Gasteiger partial charge on any atom is -0.396 e. The van der Waals surface area contributed by atoms with Crippen LogP contribution in [-0.4, -0.2) is 35.2 Å². The summed E-state index contributed by atoms with van der Waals surface area (Å²) < 4.78 is 0. The molecular weight excluding hydrogens is 176 g/mol. The normalized spacial score (nSPS) is 11.2. The first-order chi connectivity index (χ1) is 6.01. The van der Waals surface area contributed by atoms with Crippen LogP contribution >= 0.6 is 0 Å². The van der Waals surface area contributed by atoms with Crippen LogP contribution in [0.5, 0.6) is 0 Å². The molecule has 6 N–H and O–H groups in total. The predicted molar refractivity (Wildman–Crippen MR) is 44.2 cm³/mol. The lowest BCUT2D eigenvalue weighted by molar-refractivity contribution is -0.142. The van der Waals surface area contributed by atoms with Gasteiger partial charge in [0.2, 0.25) is 11.8 Å². The SMILES string of the molecule is NC(=O)C(CCO)(CCO)C(N)=O. The molecule has 6 heteroatoms. The second kappa shape index (κ2) is 4.78. The number of rotatable bonds is 6. The standard InChI is InChI=1S/C7H14N2O4/c8-5(12)7(1-3-10,2-4-11)6(9)13/h10-11H,1-4H2,(H2,8,12)(H2,9,13). The summed E-state index contributed by atoms with van der Waals surface area (Å²) in [6.07, 6.45) is -0.309. The molecule has 0 aliphatic rings. The van der Waals surface area contributed by atoms with Crippen LogP contribution in [0.2, 0.25) is 0 Å².